The molecular formula is C17H18N2O. The van der Waals surface area contributed by atoms with Gasteiger partial charge in [-0.1, -0.05) is 36.8 Å². The average Bonchev–Trinajstić information content (AvgIpc) is 3.10. The molecule has 2 fully saturated rings. The predicted octanol–water partition coefficient (Wildman–Crippen LogP) is 3.34. The molecule has 4 rings (SSSR count). The molecule has 0 saturated heterocycles. The second-order valence-electron chi connectivity index (χ2n) is 6.16. The van der Waals surface area contributed by atoms with Gasteiger partial charge in [0, 0.05) is 17.5 Å². The second-order valence-corrected chi connectivity index (χ2v) is 6.16. The van der Waals surface area contributed by atoms with Crippen LogP contribution in [-0.2, 0) is 0 Å². The Kier molecular flexibility index (Phi) is 2.72. The molecule has 2 saturated carbocycles. The van der Waals surface area contributed by atoms with E-state index in [2.05, 4.69) is 4.98 Å². The molecule has 0 spiro atoms. The summed E-state index contributed by atoms with van der Waals surface area (Å²) in [5.41, 5.74) is 1.78. The number of hydrogen-bond donors (Lipinski definition) is 1. The van der Waals surface area contributed by atoms with Crippen LogP contribution in [0.15, 0.2) is 41.2 Å². The molecular weight excluding hydrogens is 248 g/mol. The molecule has 2 bridgehead atoms. The van der Waals surface area contributed by atoms with Crippen LogP contribution in [-0.4, -0.2) is 9.97 Å². The number of nitrogens with zero attached hydrogens (tertiary/aromatic N) is 1. The first-order valence-corrected chi connectivity index (χ1v) is 7.46. The maximum atomic E-state index is 12.0. The van der Waals surface area contributed by atoms with Crippen molar-refractivity contribution in [1.29, 1.82) is 0 Å². The Labute approximate surface area is 118 Å². The van der Waals surface area contributed by atoms with E-state index in [1.807, 2.05) is 30.3 Å². The van der Waals surface area contributed by atoms with Crippen molar-refractivity contribution in [3.05, 3.63) is 52.6 Å². The molecule has 2 aromatic rings. The first-order valence-electron chi connectivity index (χ1n) is 7.46. The zero-order valence-electron chi connectivity index (χ0n) is 11.4. The third kappa shape index (κ3) is 1.98. The highest BCUT2D eigenvalue weighted by Gasteiger charge is 2.41. The standard InChI is InChI=1S/C17H18N2O/c20-16-10-15(12-4-2-1-3-5-12)18-17(19-16)14-9-11-6-7-13(14)8-11/h1-5,10-11,13-14H,6-9H2,(H,18,19,20). The highest BCUT2D eigenvalue weighted by molar-refractivity contribution is 5.58. The summed E-state index contributed by atoms with van der Waals surface area (Å²) in [6.07, 6.45) is 5.19. The van der Waals surface area contributed by atoms with Gasteiger partial charge in [0.1, 0.15) is 5.82 Å². The van der Waals surface area contributed by atoms with E-state index in [1.165, 1.54) is 25.7 Å². The Balaban J connectivity index is 1.75. The van der Waals surface area contributed by atoms with Gasteiger partial charge in [-0.05, 0) is 31.1 Å². The summed E-state index contributed by atoms with van der Waals surface area (Å²) in [4.78, 5) is 19.7. The van der Waals surface area contributed by atoms with Crippen LogP contribution >= 0.6 is 0 Å². The van der Waals surface area contributed by atoms with Gasteiger partial charge < -0.3 is 4.98 Å². The summed E-state index contributed by atoms with van der Waals surface area (Å²) in [6, 6.07) is 11.6. The maximum Gasteiger partial charge on any atom is 0.251 e. The quantitative estimate of drug-likeness (QED) is 0.906. The first kappa shape index (κ1) is 11.9. The molecule has 0 radical (unpaired) electrons. The average molecular weight is 266 g/mol. The highest BCUT2D eigenvalue weighted by atomic mass is 16.1. The van der Waals surface area contributed by atoms with Crippen LogP contribution in [0.1, 0.15) is 37.4 Å². The highest BCUT2D eigenvalue weighted by Crippen LogP contribution is 2.52. The van der Waals surface area contributed by atoms with Crippen molar-refractivity contribution in [2.45, 2.75) is 31.6 Å². The number of hydrogen-bond acceptors (Lipinski definition) is 2. The topological polar surface area (TPSA) is 45.8 Å². The third-order valence-corrected chi connectivity index (χ3v) is 4.92. The molecule has 1 aromatic carbocycles. The number of aromatic amines is 1. The maximum absolute atomic E-state index is 12.0. The Morgan fingerprint density at radius 3 is 2.65 bits per heavy atom. The monoisotopic (exact) mass is 266 g/mol. The van der Waals surface area contributed by atoms with Gasteiger partial charge in [-0.15, -0.1) is 0 Å². The summed E-state index contributed by atoms with van der Waals surface area (Å²) in [5, 5.41) is 0. The van der Waals surface area contributed by atoms with E-state index in [0.29, 0.717) is 5.92 Å². The van der Waals surface area contributed by atoms with Crippen LogP contribution in [0.4, 0.5) is 0 Å². The van der Waals surface area contributed by atoms with Crippen molar-refractivity contribution in [2.24, 2.45) is 11.8 Å². The lowest BCUT2D eigenvalue weighted by molar-refractivity contribution is 0.405. The van der Waals surface area contributed by atoms with E-state index in [1.54, 1.807) is 6.07 Å². The van der Waals surface area contributed by atoms with Gasteiger partial charge in [0.15, 0.2) is 0 Å². The van der Waals surface area contributed by atoms with Crippen LogP contribution in [0.2, 0.25) is 0 Å². The van der Waals surface area contributed by atoms with Gasteiger partial charge in [0.25, 0.3) is 5.56 Å². The minimum atomic E-state index is -0.0309. The zero-order chi connectivity index (χ0) is 13.5. The van der Waals surface area contributed by atoms with E-state index in [0.717, 1.165) is 28.9 Å². The van der Waals surface area contributed by atoms with E-state index < -0.39 is 0 Å². The van der Waals surface area contributed by atoms with Gasteiger partial charge in [-0.2, -0.15) is 0 Å². The molecule has 1 aromatic heterocycles. The SMILES string of the molecule is O=c1cc(-c2ccccc2)nc(C2CC3CCC2C3)[nH]1. The Morgan fingerprint density at radius 2 is 1.95 bits per heavy atom. The van der Waals surface area contributed by atoms with Gasteiger partial charge in [-0.3, -0.25) is 4.79 Å². The van der Waals surface area contributed by atoms with Crippen molar-refractivity contribution in [2.75, 3.05) is 0 Å². The number of rotatable bonds is 2. The van der Waals surface area contributed by atoms with E-state index in [4.69, 9.17) is 4.98 Å². The predicted molar refractivity (Wildman–Crippen MR) is 78.5 cm³/mol. The largest absolute Gasteiger partial charge is 0.310 e. The summed E-state index contributed by atoms with van der Waals surface area (Å²) >= 11 is 0. The molecule has 1 heterocycles. The molecule has 3 nitrogen and oxygen atoms in total. The van der Waals surface area contributed by atoms with Gasteiger partial charge in [0.2, 0.25) is 0 Å². The van der Waals surface area contributed by atoms with Crippen molar-refractivity contribution >= 4 is 0 Å². The molecule has 1 N–H and O–H groups in total. The first-order chi connectivity index (χ1) is 9.79. The minimum Gasteiger partial charge on any atom is -0.310 e. The van der Waals surface area contributed by atoms with Crippen LogP contribution < -0.4 is 5.56 Å². The van der Waals surface area contributed by atoms with Gasteiger partial charge in [-0.25, -0.2) is 4.98 Å². The smallest absolute Gasteiger partial charge is 0.251 e. The molecule has 3 heteroatoms. The van der Waals surface area contributed by atoms with Crippen molar-refractivity contribution in [3.63, 3.8) is 0 Å². The minimum absolute atomic E-state index is 0.0309. The summed E-state index contributed by atoms with van der Waals surface area (Å²) in [7, 11) is 0. The Hall–Kier alpha value is -1.90. The lowest BCUT2D eigenvalue weighted by Gasteiger charge is -2.20. The van der Waals surface area contributed by atoms with E-state index >= 15 is 0 Å². The number of aromatic nitrogens is 2. The lowest BCUT2D eigenvalue weighted by atomic mass is 9.88. The molecule has 102 valence electrons. The van der Waals surface area contributed by atoms with Crippen LogP contribution in [0, 0.1) is 11.8 Å². The van der Waals surface area contributed by atoms with Gasteiger partial charge in [0.05, 0.1) is 5.69 Å². The summed E-state index contributed by atoms with van der Waals surface area (Å²) in [5.74, 6) is 2.96. The molecule has 0 aliphatic heterocycles. The van der Waals surface area contributed by atoms with Crippen LogP contribution in [0.3, 0.4) is 0 Å². The Bertz CT molecular complexity index is 677. The van der Waals surface area contributed by atoms with Crippen molar-refractivity contribution < 1.29 is 0 Å². The van der Waals surface area contributed by atoms with Crippen molar-refractivity contribution in [1.82, 2.24) is 9.97 Å². The molecule has 2 aliphatic carbocycles. The van der Waals surface area contributed by atoms with Crippen LogP contribution in [0.5, 0.6) is 0 Å². The normalized spacial score (nSPS) is 27.9. The number of fused-ring (bicyclic) bond motifs is 2. The summed E-state index contributed by atoms with van der Waals surface area (Å²) in [6.45, 7) is 0. The van der Waals surface area contributed by atoms with E-state index in [-0.39, 0.29) is 5.56 Å². The molecule has 0 amide bonds. The fraction of sp³-hybridized carbons (Fsp3) is 0.412. The zero-order valence-corrected chi connectivity index (χ0v) is 11.4. The molecule has 3 atom stereocenters. The number of nitrogens with one attached hydrogen (secondary N) is 1. The molecule has 3 unspecified atom stereocenters. The summed E-state index contributed by atoms with van der Waals surface area (Å²) < 4.78 is 0. The lowest BCUT2D eigenvalue weighted by Crippen LogP contribution is -2.18. The van der Waals surface area contributed by atoms with E-state index in [9.17, 15) is 4.79 Å². The Morgan fingerprint density at radius 1 is 1.10 bits per heavy atom. The third-order valence-electron chi connectivity index (χ3n) is 4.92. The molecule has 20 heavy (non-hydrogen) atoms. The fourth-order valence-corrected chi connectivity index (χ4v) is 3.99. The molecule has 2 aliphatic rings. The number of benzene rings is 1. The fourth-order valence-electron chi connectivity index (χ4n) is 3.99. The van der Waals surface area contributed by atoms with Crippen LogP contribution in [0.25, 0.3) is 11.3 Å². The van der Waals surface area contributed by atoms with Crippen molar-refractivity contribution in [3.8, 4) is 11.3 Å². The second kappa shape index (κ2) is 4.58. The van der Waals surface area contributed by atoms with Gasteiger partial charge >= 0.3 is 0 Å². The number of H-pyrrole nitrogens is 1.